The third kappa shape index (κ3) is 36.6. The van der Waals surface area contributed by atoms with Crippen molar-refractivity contribution in [3.8, 4) is 0 Å². The van der Waals surface area contributed by atoms with E-state index in [-0.39, 0.29) is 78.9 Å². The molecule has 0 radical (unpaired) electrons. The van der Waals surface area contributed by atoms with Gasteiger partial charge in [0.1, 0.15) is 68.1 Å². The van der Waals surface area contributed by atoms with E-state index in [1.165, 1.54) is 116 Å². The lowest BCUT2D eigenvalue weighted by Gasteiger charge is -2.51. The van der Waals surface area contributed by atoms with Crippen LogP contribution in [0.5, 0.6) is 0 Å². The molecule has 1 unspecified atom stereocenters. The summed E-state index contributed by atoms with van der Waals surface area (Å²) in [5.41, 5.74) is 7.03. The van der Waals surface area contributed by atoms with Crippen molar-refractivity contribution in [1.82, 2.24) is 0 Å². The summed E-state index contributed by atoms with van der Waals surface area (Å²) in [5, 5.41) is 0. The number of carbonyl (C=O) groups excluding carboxylic acids is 2. The molecule has 1 heterocycles. The van der Waals surface area contributed by atoms with Crippen molar-refractivity contribution < 1.29 is 80.0 Å². The Morgan fingerprint density at radius 2 is 0.579 bits per heavy atom. The minimum atomic E-state index is -3.28. The molecular weight excluding hydrogens is 1540 g/mol. The lowest BCUT2D eigenvalue weighted by atomic mass is 9.83. The second kappa shape index (κ2) is 58.4. The van der Waals surface area contributed by atoms with Gasteiger partial charge in [-0.15, -0.1) is 9.05 Å². The second-order valence-electron chi connectivity index (χ2n) is 32.3. The monoisotopic (exact) mass is 1680 g/mol. The molecule has 10 rings (SSSR count). The Morgan fingerprint density at radius 1 is 0.306 bits per heavy atom. The van der Waals surface area contributed by atoms with E-state index in [4.69, 9.17) is 65.9 Å². The van der Waals surface area contributed by atoms with E-state index >= 15 is 4.57 Å². The van der Waals surface area contributed by atoms with Gasteiger partial charge in [-0.05, 0) is 57.3 Å². The number of carbonyl (C=O) groups is 2. The van der Waals surface area contributed by atoms with Crippen molar-refractivity contribution >= 4 is 20.2 Å². The van der Waals surface area contributed by atoms with Gasteiger partial charge in [0.2, 0.25) is 0 Å². The van der Waals surface area contributed by atoms with Gasteiger partial charge in [-0.25, -0.2) is 0 Å². The number of hydrogen-bond donors (Lipinski definition) is 0. The average molecular weight is 1680 g/mol. The SMILES string of the molecule is CCCCCCCCCCCCCCCC(=O)OC[C@H](CO[P+](=O)O[C@@H]1[C@H](OCc2ccccc2)[C@H](OCc2ccccc2)[C@@H](OCc2ccccc2)[C@H](OCc2ccccc2)[C@H]1O[C@H]1O[C@H](COCc2ccccc2)[C@@H](OCc2ccccc2)[C@H](OCc2ccccc2)[C@H]1OCc1ccccc1)OC(=O)CCCCCCCCCCCCCCC. The summed E-state index contributed by atoms with van der Waals surface area (Å²) in [4.78, 5) is 27.9. The van der Waals surface area contributed by atoms with Gasteiger partial charge in [0, 0.05) is 17.4 Å². The molecule has 121 heavy (non-hydrogen) atoms. The quantitative estimate of drug-likeness (QED) is 0.0199. The van der Waals surface area contributed by atoms with Crippen LogP contribution >= 0.6 is 8.25 Å². The predicted molar refractivity (Wildman–Crippen MR) is 475 cm³/mol. The van der Waals surface area contributed by atoms with Crippen LogP contribution in [0.4, 0.5) is 0 Å². The largest absolute Gasteiger partial charge is 0.698 e. The maximum atomic E-state index is 15.9. The molecule has 0 amide bonds. The minimum Gasteiger partial charge on any atom is -0.462 e. The topological polar surface area (TPSA) is 180 Å². The van der Waals surface area contributed by atoms with Crippen LogP contribution in [0.1, 0.15) is 238 Å². The van der Waals surface area contributed by atoms with Crippen molar-refractivity contribution in [1.29, 1.82) is 0 Å². The number of unbranched alkanes of at least 4 members (excludes halogenated alkanes) is 24. The first kappa shape index (κ1) is 95.5. The molecular formula is C103H136O17P+. The molecule has 1 aliphatic carbocycles. The molecule has 1 saturated heterocycles. The fourth-order valence-electron chi connectivity index (χ4n) is 15.7. The van der Waals surface area contributed by atoms with Crippen molar-refractivity contribution in [2.45, 2.75) is 320 Å². The van der Waals surface area contributed by atoms with E-state index in [0.717, 1.165) is 83.0 Å². The van der Waals surface area contributed by atoms with E-state index in [2.05, 4.69) is 13.8 Å². The molecule has 2 aliphatic rings. The Labute approximate surface area is 723 Å². The first-order valence-corrected chi connectivity index (χ1v) is 46.5. The van der Waals surface area contributed by atoms with Gasteiger partial charge in [0.15, 0.2) is 18.5 Å². The Balaban J connectivity index is 1.01. The lowest BCUT2D eigenvalue weighted by Crippen LogP contribution is -2.69. The Kier molecular flexibility index (Phi) is 46.2. The standard InChI is InChI=1S/C103H136O17P/c1-3-5-7-9-11-13-15-17-19-21-23-25-51-69-92(104)108-79-90(117-93(105)70-52-26-24-22-20-18-16-14-12-10-8-6-4-2)80-116-121(106)120-101-99(114-77-88-65-47-33-48-66-88)97(112-75-86-61-43-31-44-62-86)96(111-74-85-59-41-30-42-60-85)98(113-76-87-63-45-32-46-64-87)100(101)119-103-102(115-78-89-67-49-34-50-68-89)95(110-73-84-57-39-29-40-58-84)94(109-72-83-55-37-28-38-56-83)91(118-103)81-107-71-82-53-35-27-36-54-82/h27-50,53-68,90-91,94-103H,3-26,51-52,69-81H2,1-2H3/q+1/t90-,91-,94-,95+,96-,97-,98+,99-,100-,101-,102-,103-/m1/s1. The van der Waals surface area contributed by atoms with Crippen LogP contribution in [0.2, 0.25) is 0 Å². The Bertz CT molecular complexity index is 3950. The normalized spacial score (nSPS) is 20.1. The molecule has 0 spiro atoms. The summed E-state index contributed by atoms with van der Waals surface area (Å²) < 4.78 is 115. The van der Waals surface area contributed by atoms with Gasteiger partial charge in [0.05, 0.1) is 59.5 Å². The molecule has 0 aromatic heterocycles. The average Bonchev–Trinajstić information content (AvgIpc) is 0.751. The molecule has 13 atom stereocenters. The molecule has 654 valence electrons. The van der Waals surface area contributed by atoms with Crippen LogP contribution in [0.15, 0.2) is 243 Å². The van der Waals surface area contributed by atoms with Gasteiger partial charge >= 0.3 is 20.2 Å². The summed E-state index contributed by atoms with van der Waals surface area (Å²) >= 11 is 0. The molecule has 0 N–H and O–H groups in total. The molecule has 0 bridgehead atoms. The van der Waals surface area contributed by atoms with Gasteiger partial charge in [-0.2, -0.15) is 0 Å². The number of rotatable bonds is 63. The molecule has 2 fully saturated rings. The third-order valence-electron chi connectivity index (χ3n) is 22.5. The first-order valence-electron chi connectivity index (χ1n) is 45.4. The van der Waals surface area contributed by atoms with E-state index in [9.17, 15) is 9.59 Å². The number of esters is 2. The van der Waals surface area contributed by atoms with E-state index in [1.54, 1.807) is 0 Å². The molecule has 18 heteroatoms. The molecule has 8 aromatic carbocycles. The Hall–Kier alpha value is -7.68. The van der Waals surface area contributed by atoms with Crippen LogP contribution in [0.3, 0.4) is 0 Å². The highest BCUT2D eigenvalue weighted by atomic mass is 31.1. The minimum absolute atomic E-state index is 0.00393. The molecule has 8 aromatic rings. The van der Waals surface area contributed by atoms with Crippen molar-refractivity contribution in [2.75, 3.05) is 19.8 Å². The van der Waals surface area contributed by atoms with Crippen LogP contribution in [0.25, 0.3) is 0 Å². The van der Waals surface area contributed by atoms with E-state index < -0.39 is 100 Å². The van der Waals surface area contributed by atoms with Crippen molar-refractivity contribution in [3.05, 3.63) is 287 Å². The van der Waals surface area contributed by atoms with Crippen LogP contribution in [0, 0.1) is 0 Å². The van der Waals surface area contributed by atoms with Crippen LogP contribution < -0.4 is 0 Å². The van der Waals surface area contributed by atoms with Gasteiger partial charge in [-0.3, -0.25) is 9.59 Å². The number of ether oxygens (including phenoxy) is 12. The Morgan fingerprint density at radius 3 is 0.917 bits per heavy atom. The fourth-order valence-corrected chi connectivity index (χ4v) is 16.5. The first-order chi connectivity index (χ1) is 59.8. The lowest BCUT2D eigenvalue weighted by molar-refractivity contribution is -0.361. The highest BCUT2D eigenvalue weighted by molar-refractivity contribution is 7.33. The zero-order valence-corrected chi connectivity index (χ0v) is 72.9. The number of benzene rings is 8. The maximum absolute atomic E-state index is 15.9. The smallest absolute Gasteiger partial charge is 0.462 e. The summed E-state index contributed by atoms with van der Waals surface area (Å²) in [6, 6.07) is 79.0. The molecule has 1 saturated carbocycles. The highest BCUT2D eigenvalue weighted by Crippen LogP contribution is 2.43. The summed E-state index contributed by atoms with van der Waals surface area (Å²) in [6.07, 6.45) is 16.8. The highest BCUT2D eigenvalue weighted by Gasteiger charge is 2.61. The van der Waals surface area contributed by atoms with Gasteiger partial charge < -0.3 is 56.8 Å². The zero-order chi connectivity index (χ0) is 84.0. The maximum Gasteiger partial charge on any atom is 0.698 e. The van der Waals surface area contributed by atoms with Crippen LogP contribution in [-0.2, 0) is 133 Å². The van der Waals surface area contributed by atoms with Crippen molar-refractivity contribution in [2.24, 2.45) is 0 Å². The summed E-state index contributed by atoms with van der Waals surface area (Å²) in [7, 11) is -3.28. The number of hydrogen-bond acceptors (Lipinski definition) is 17. The predicted octanol–water partition coefficient (Wildman–Crippen LogP) is 23.9. The van der Waals surface area contributed by atoms with Gasteiger partial charge in [-0.1, -0.05) is 411 Å². The summed E-state index contributed by atoms with van der Waals surface area (Å²) in [6.45, 7) is 4.57. The van der Waals surface area contributed by atoms with Crippen LogP contribution in [-0.4, -0.2) is 105 Å². The van der Waals surface area contributed by atoms with E-state index in [0.29, 0.717) is 12.8 Å². The third-order valence-corrected chi connectivity index (χ3v) is 23.3. The summed E-state index contributed by atoms with van der Waals surface area (Å²) in [5.74, 6) is -0.898. The van der Waals surface area contributed by atoms with Gasteiger partial charge in [0.25, 0.3) is 0 Å². The molecule has 1 aliphatic heterocycles. The second-order valence-corrected chi connectivity index (χ2v) is 33.3. The van der Waals surface area contributed by atoms with E-state index in [1.807, 2.05) is 243 Å². The molecule has 17 nitrogen and oxygen atoms in total. The fraction of sp³-hybridized carbons (Fsp3) is 0.515. The zero-order valence-electron chi connectivity index (χ0n) is 72.0. The van der Waals surface area contributed by atoms with Crippen molar-refractivity contribution in [3.63, 3.8) is 0 Å².